The molecule has 1 aromatic heterocycles. The number of nitrogens with zero attached hydrogens (tertiary/aromatic N) is 2. The van der Waals surface area contributed by atoms with Gasteiger partial charge in [0, 0.05) is 18.3 Å². The molecule has 1 aliphatic carbocycles. The summed E-state index contributed by atoms with van der Waals surface area (Å²) in [5.41, 5.74) is 0.409. The molecule has 1 saturated heterocycles. The number of sulfone groups is 1. The Morgan fingerprint density at radius 3 is 2.61 bits per heavy atom. The third-order valence-corrected chi connectivity index (χ3v) is 6.50. The fraction of sp³-hybridized carbons (Fsp3) is 0.625. The van der Waals surface area contributed by atoms with Crippen molar-refractivity contribution in [3.05, 3.63) is 23.9 Å². The summed E-state index contributed by atoms with van der Waals surface area (Å²) in [6.45, 7) is 0. The van der Waals surface area contributed by atoms with E-state index in [0.717, 1.165) is 25.7 Å². The normalized spacial score (nSPS) is 23.8. The van der Waals surface area contributed by atoms with Gasteiger partial charge in [-0.25, -0.2) is 13.4 Å². The van der Waals surface area contributed by atoms with Gasteiger partial charge in [-0.1, -0.05) is 12.8 Å². The molecular weight excluding hydrogens is 316 g/mol. The molecule has 1 saturated carbocycles. The van der Waals surface area contributed by atoms with Gasteiger partial charge in [0.25, 0.3) is 5.91 Å². The van der Waals surface area contributed by atoms with Crippen LogP contribution < -0.4 is 4.74 Å². The Morgan fingerprint density at radius 2 is 2.00 bits per heavy atom. The van der Waals surface area contributed by atoms with Crippen molar-refractivity contribution in [2.24, 2.45) is 0 Å². The van der Waals surface area contributed by atoms with E-state index in [-0.39, 0.29) is 29.5 Å². The zero-order chi connectivity index (χ0) is 16.4. The molecule has 0 bridgehead atoms. The summed E-state index contributed by atoms with van der Waals surface area (Å²) < 4.78 is 28.9. The minimum absolute atomic E-state index is 0.0673. The molecule has 126 valence electrons. The lowest BCUT2D eigenvalue weighted by Crippen LogP contribution is -2.47. The second-order valence-electron chi connectivity index (χ2n) is 6.27. The minimum Gasteiger partial charge on any atom is -0.480 e. The van der Waals surface area contributed by atoms with Crippen LogP contribution >= 0.6 is 0 Å². The van der Waals surface area contributed by atoms with Gasteiger partial charge < -0.3 is 9.64 Å². The topological polar surface area (TPSA) is 76.6 Å². The van der Waals surface area contributed by atoms with Crippen LogP contribution in [0, 0.1) is 0 Å². The molecule has 0 radical (unpaired) electrons. The first kappa shape index (κ1) is 16.2. The van der Waals surface area contributed by atoms with Crippen molar-refractivity contribution in [3.63, 3.8) is 0 Å². The molecule has 1 aromatic rings. The average Bonchev–Trinajstić information content (AvgIpc) is 3.17. The lowest BCUT2D eigenvalue weighted by molar-refractivity contribution is 0.0597. The first-order chi connectivity index (χ1) is 11.0. The number of ether oxygens (including phenoxy) is 1. The molecule has 1 aliphatic heterocycles. The van der Waals surface area contributed by atoms with Crippen molar-refractivity contribution in [2.75, 3.05) is 18.6 Å². The molecule has 0 unspecified atom stereocenters. The Morgan fingerprint density at radius 1 is 1.26 bits per heavy atom. The van der Waals surface area contributed by atoms with Crippen LogP contribution in [0.15, 0.2) is 18.3 Å². The van der Waals surface area contributed by atoms with Crippen molar-refractivity contribution in [1.82, 2.24) is 9.88 Å². The Hall–Kier alpha value is -1.63. The number of pyridine rings is 1. The molecule has 1 amide bonds. The molecule has 0 N–H and O–H groups in total. The SMILES string of the molecule is COc1ncccc1C(=O)N(C1CCCC1)[C@H]1CCS(=O)(=O)C1. The highest BCUT2D eigenvalue weighted by molar-refractivity contribution is 7.91. The van der Waals surface area contributed by atoms with Crippen LogP contribution in [0.2, 0.25) is 0 Å². The zero-order valence-corrected chi connectivity index (χ0v) is 14.1. The predicted octanol–water partition coefficient (Wildman–Crippen LogP) is 1.66. The first-order valence-electron chi connectivity index (χ1n) is 8.04. The van der Waals surface area contributed by atoms with E-state index in [9.17, 15) is 13.2 Å². The van der Waals surface area contributed by atoms with Crippen molar-refractivity contribution in [2.45, 2.75) is 44.2 Å². The van der Waals surface area contributed by atoms with Gasteiger partial charge in [0.05, 0.1) is 18.6 Å². The maximum absolute atomic E-state index is 13.1. The summed E-state index contributed by atoms with van der Waals surface area (Å²) in [5.74, 6) is 0.362. The van der Waals surface area contributed by atoms with Gasteiger partial charge in [-0.05, 0) is 31.4 Å². The fourth-order valence-electron chi connectivity index (χ4n) is 3.66. The summed E-state index contributed by atoms with van der Waals surface area (Å²) in [7, 11) is -1.56. The maximum atomic E-state index is 13.1. The van der Waals surface area contributed by atoms with E-state index in [1.807, 2.05) is 0 Å². The molecule has 23 heavy (non-hydrogen) atoms. The van der Waals surface area contributed by atoms with E-state index < -0.39 is 9.84 Å². The van der Waals surface area contributed by atoms with Crippen molar-refractivity contribution < 1.29 is 17.9 Å². The molecule has 0 spiro atoms. The van der Waals surface area contributed by atoms with E-state index >= 15 is 0 Å². The Labute approximate surface area is 136 Å². The first-order valence-corrected chi connectivity index (χ1v) is 9.86. The van der Waals surface area contributed by atoms with Crippen molar-refractivity contribution in [1.29, 1.82) is 0 Å². The monoisotopic (exact) mass is 338 g/mol. The molecule has 6 nitrogen and oxygen atoms in total. The summed E-state index contributed by atoms with van der Waals surface area (Å²) in [6, 6.07) is 3.28. The second kappa shape index (κ2) is 6.47. The fourth-order valence-corrected chi connectivity index (χ4v) is 5.37. The Kier molecular flexibility index (Phi) is 4.57. The van der Waals surface area contributed by atoms with Gasteiger partial charge in [-0.2, -0.15) is 0 Å². The summed E-state index contributed by atoms with van der Waals surface area (Å²) in [6.07, 6.45) is 6.13. The summed E-state index contributed by atoms with van der Waals surface area (Å²) in [5, 5.41) is 0. The lowest BCUT2D eigenvalue weighted by atomic mass is 10.1. The number of carbonyl (C=O) groups excluding carboxylic acids is 1. The summed E-state index contributed by atoms with van der Waals surface area (Å²) in [4.78, 5) is 19.0. The van der Waals surface area contributed by atoms with Gasteiger partial charge in [0.2, 0.25) is 5.88 Å². The van der Waals surface area contributed by atoms with Crippen molar-refractivity contribution >= 4 is 15.7 Å². The van der Waals surface area contributed by atoms with Gasteiger partial charge in [-0.3, -0.25) is 4.79 Å². The van der Waals surface area contributed by atoms with Crippen LogP contribution in [-0.4, -0.2) is 54.9 Å². The molecule has 1 atom stereocenters. The number of hydrogen-bond donors (Lipinski definition) is 0. The third-order valence-electron chi connectivity index (χ3n) is 4.75. The van der Waals surface area contributed by atoms with Crippen LogP contribution in [-0.2, 0) is 9.84 Å². The van der Waals surface area contributed by atoms with Gasteiger partial charge in [0.15, 0.2) is 9.84 Å². The number of carbonyl (C=O) groups is 1. The standard InChI is InChI=1S/C16H22N2O4S/c1-22-15-14(7-4-9-17-15)16(19)18(12-5-2-3-6-12)13-8-10-23(20,21)11-13/h4,7,9,12-13H,2-3,5-6,8,10-11H2,1H3/t13-/m0/s1. The number of aromatic nitrogens is 1. The molecular formula is C16H22N2O4S. The van der Waals surface area contributed by atoms with Crippen LogP contribution in [0.3, 0.4) is 0 Å². The number of hydrogen-bond acceptors (Lipinski definition) is 5. The molecule has 2 aliphatic rings. The number of amides is 1. The zero-order valence-electron chi connectivity index (χ0n) is 13.3. The van der Waals surface area contributed by atoms with Crippen LogP contribution in [0.4, 0.5) is 0 Å². The highest BCUT2D eigenvalue weighted by Gasteiger charge is 2.40. The summed E-state index contributed by atoms with van der Waals surface area (Å²) >= 11 is 0. The molecule has 3 rings (SSSR count). The van der Waals surface area contributed by atoms with Gasteiger partial charge in [-0.15, -0.1) is 0 Å². The number of methoxy groups -OCH3 is 1. The van der Waals surface area contributed by atoms with E-state index in [1.54, 1.807) is 23.2 Å². The number of rotatable bonds is 4. The third kappa shape index (κ3) is 3.34. The highest BCUT2D eigenvalue weighted by atomic mass is 32.2. The minimum atomic E-state index is -3.04. The molecule has 0 aromatic carbocycles. The Bertz CT molecular complexity index is 683. The van der Waals surface area contributed by atoms with Gasteiger partial charge >= 0.3 is 0 Å². The van der Waals surface area contributed by atoms with Crippen LogP contribution in [0.1, 0.15) is 42.5 Å². The Balaban J connectivity index is 1.93. The molecule has 2 fully saturated rings. The van der Waals surface area contributed by atoms with Crippen LogP contribution in [0.25, 0.3) is 0 Å². The molecule has 7 heteroatoms. The lowest BCUT2D eigenvalue weighted by Gasteiger charge is -2.34. The van der Waals surface area contributed by atoms with E-state index in [2.05, 4.69) is 4.98 Å². The predicted molar refractivity (Wildman–Crippen MR) is 86.3 cm³/mol. The largest absolute Gasteiger partial charge is 0.480 e. The van der Waals surface area contributed by atoms with Crippen molar-refractivity contribution in [3.8, 4) is 5.88 Å². The van der Waals surface area contributed by atoms with E-state index in [0.29, 0.717) is 17.9 Å². The van der Waals surface area contributed by atoms with E-state index in [4.69, 9.17) is 4.74 Å². The molecule has 2 heterocycles. The smallest absolute Gasteiger partial charge is 0.259 e. The van der Waals surface area contributed by atoms with E-state index in [1.165, 1.54) is 7.11 Å². The average molecular weight is 338 g/mol. The van der Waals surface area contributed by atoms with Gasteiger partial charge in [0.1, 0.15) is 5.56 Å². The quantitative estimate of drug-likeness (QED) is 0.834. The van der Waals surface area contributed by atoms with Crippen LogP contribution in [0.5, 0.6) is 5.88 Å². The highest BCUT2D eigenvalue weighted by Crippen LogP contribution is 2.31. The second-order valence-corrected chi connectivity index (χ2v) is 8.50. The maximum Gasteiger partial charge on any atom is 0.259 e.